The van der Waals surface area contributed by atoms with Crippen LogP contribution in [0, 0.1) is 6.92 Å². The van der Waals surface area contributed by atoms with E-state index in [1.807, 2.05) is 0 Å². The van der Waals surface area contributed by atoms with Gasteiger partial charge < -0.3 is 19.8 Å². The molecule has 8 nitrogen and oxygen atoms in total. The Morgan fingerprint density at radius 1 is 1.03 bits per heavy atom. The Balaban J connectivity index is 1.55. The molecule has 2 amide bonds. The fourth-order valence-electron chi connectivity index (χ4n) is 3.86. The molecule has 180 valence electrons. The third-order valence-corrected chi connectivity index (χ3v) is 5.91. The van der Waals surface area contributed by atoms with Gasteiger partial charge in [-0.2, -0.15) is 0 Å². The molecule has 4 rings (SSSR count). The first-order chi connectivity index (χ1) is 16.9. The van der Waals surface area contributed by atoms with Crippen LogP contribution in [0.4, 0.5) is 0 Å². The number of carbonyl (C=O) groups excluding carboxylic acids is 3. The van der Waals surface area contributed by atoms with E-state index in [9.17, 15) is 14.4 Å². The quantitative estimate of drug-likeness (QED) is 0.388. The second-order valence-electron chi connectivity index (χ2n) is 7.90. The fraction of sp³-hybridized carbons (Fsp3) is 0.192. The number of hydrogen-bond acceptors (Lipinski definition) is 5. The Morgan fingerprint density at radius 3 is 2.49 bits per heavy atom. The van der Waals surface area contributed by atoms with E-state index >= 15 is 0 Å². The smallest absolute Gasteiger partial charge is 0.262 e. The first-order valence-corrected chi connectivity index (χ1v) is 11.3. The standard InChI is InChI=1S/C26H24ClN3O5/c1-16-21(13-24(31)29-15-25(32)28-14-20-4-3-11-35-20)22-12-19(34-2)9-10-23(22)30(16)26(33)17-5-7-18(27)8-6-17/h3-12H,13-15H2,1-2H3,(H,28,32)(H,29,31). The van der Waals surface area contributed by atoms with Crippen molar-refractivity contribution in [1.29, 1.82) is 0 Å². The van der Waals surface area contributed by atoms with Crippen molar-refractivity contribution in [3.8, 4) is 5.75 Å². The molecule has 0 aliphatic carbocycles. The highest BCUT2D eigenvalue weighted by atomic mass is 35.5. The number of amides is 2. The fourth-order valence-corrected chi connectivity index (χ4v) is 3.99. The largest absolute Gasteiger partial charge is 0.497 e. The molecule has 0 fully saturated rings. The first kappa shape index (κ1) is 24.1. The number of fused-ring (bicyclic) bond motifs is 1. The van der Waals surface area contributed by atoms with Crippen LogP contribution in [0.1, 0.15) is 27.4 Å². The van der Waals surface area contributed by atoms with Gasteiger partial charge in [0, 0.05) is 21.7 Å². The molecule has 0 aliphatic heterocycles. The zero-order chi connectivity index (χ0) is 24.9. The highest BCUT2D eigenvalue weighted by Crippen LogP contribution is 2.30. The average Bonchev–Trinajstić information content (AvgIpc) is 3.47. The van der Waals surface area contributed by atoms with Gasteiger partial charge in [0.25, 0.3) is 5.91 Å². The third-order valence-electron chi connectivity index (χ3n) is 5.66. The van der Waals surface area contributed by atoms with Crippen molar-refractivity contribution in [2.45, 2.75) is 19.9 Å². The Hall–Kier alpha value is -4.04. The van der Waals surface area contributed by atoms with Gasteiger partial charge in [0.1, 0.15) is 11.5 Å². The molecule has 9 heteroatoms. The summed E-state index contributed by atoms with van der Waals surface area (Å²) in [6, 6.07) is 15.5. The second-order valence-corrected chi connectivity index (χ2v) is 8.34. The minimum Gasteiger partial charge on any atom is -0.497 e. The van der Waals surface area contributed by atoms with Crippen LogP contribution in [-0.2, 0) is 22.6 Å². The van der Waals surface area contributed by atoms with E-state index < -0.39 is 0 Å². The summed E-state index contributed by atoms with van der Waals surface area (Å²) in [5.41, 5.74) is 2.43. The molecule has 0 unspecified atom stereocenters. The average molecular weight is 494 g/mol. The van der Waals surface area contributed by atoms with Gasteiger partial charge in [-0.15, -0.1) is 0 Å². The lowest BCUT2D eigenvalue weighted by molar-refractivity contribution is -0.125. The molecule has 35 heavy (non-hydrogen) atoms. The third kappa shape index (κ3) is 5.38. The number of rotatable bonds is 8. The lowest BCUT2D eigenvalue weighted by Crippen LogP contribution is -2.37. The van der Waals surface area contributed by atoms with E-state index in [2.05, 4.69) is 10.6 Å². The zero-order valence-corrected chi connectivity index (χ0v) is 20.0. The zero-order valence-electron chi connectivity index (χ0n) is 19.3. The van der Waals surface area contributed by atoms with Gasteiger partial charge in [-0.3, -0.25) is 19.0 Å². The second kappa shape index (κ2) is 10.5. The Morgan fingerprint density at radius 2 is 1.80 bits per heavy atom. The van der Waals surface area contributed by atoms with Gasteiger partial charge in [0.15, 0.2) is 0 Å². The summed E-state index contributed by atoms with van der Waals surface area (Å²) in [4.78, 5) is 38.2. The summed E-state index contributed by atoms with van der Waals surface area (Å²) in [6.07, 6.45) is 1.51. The predicted octanol–water partition coefficient (Wildman–Crippen LogP) is 3.87. The van der Waals surface area contributed by atoms with Crippen molar-refractivity contribution in [3.05, 3.63) is 88.5 Å². The molecular formula is C26H24ClN3O5. The van der Waals surface area contributed by atoms with Gasteiger partial charge >= 0.3 is 0 Å². The van der Waals surface area contributed by atoms with Gasteiger partial charge in [0.2, 0.25) is 11.8 Å². The monoisotopic (exact) mass is 493 g/mol. The number of nitrogens with zero attached hydrogens (tertiary/aromatic N) is 1. The number of carbonyl (C=O) groups is 3. The number of methoxy groups -OCH3 is 1. The van der Waals surface area contributed by atoms with Crippen LogP contribution in [-0.4, -0.2) is 35.9 Å². The van der Waals surface area contributed by atoms with Crippen molar-refractivity contribution in [2.75, 3.05) is 13.7 Å². The maximum Gasteiger partial charge on any atom is 0.262 e. The minimum absolute atomic E-state index is 0.0120. The van der Waals surface area contributed by atoms with Gasteiger partial charge in [-0.05, 0) is 67.1 Å². The summed E-state index contributed by atoms with van der Waals surface area (Å²) in [7, 11) is 1.55. The van der Waals surface area contributed by atoms with Crippen LogP contribution in [0.2, 0.25) is 5.02 Å². The number of benzene rings is 2. The number of ether oxygens (including phenoxy) is 1. The molecule has 0 bridgehead atoms. The Bertz CT molecular complexity index is 1370. The van der Waals surface area contributed by atoms with Crippen molar-refractivity contribution >= 4 is 40.2 Å². The number of hydrogen-bond donors (Lipinski definition) is 2. The molecule has 2 N–H and O–H groups in total. The summed E-state index contributed by atoms with van der Waals surface area (Å²) in [5.74, 6) is 0.300. The molecule has 2 heterocycles. The lowest BCUT2D eigenvalue weighted by Gasteiger charge is -2.08. The number of nitrogens with one attached hydrogen (secondary N) is 2. The summed E-state index contributed by atoms with van der Waals surface area (Å²) in [5, 5.41) is 6.57. The number of aromatic nitrogens is 1. The van der Waals surface area contributed by atoms with E-state index in [-0.39, 0.29) is 37.2 Å². The van der Waals surface area contributed by atoms with Gasteiger partial charge in [-0.1, -0.05) is 11.6 Å². The summed E-state index contributed by atoms with van der Waals surface area (Å²) >= 11 is 5.97. The molecule has 0 radical (unpaired) electrons. The van der Waals surface area contributed by atoms with Crippen LogP contribution in [0.15, 0.2) is 65.3 Å². The molecule has 2 aromatic heterocycles. The van der Waals surface area contributed by atoms with Gasteiger partial charge in [0.05, 0.1) is 38.4 Å². The minimum atomic E-state index is -0.345. The van der Waals surface area contributed by atoms with Crippen LogP contribution in [0.3, 0.4) is 0 Å². The highest BCUT2D eigenvalue weighted by molar-refractivity contribution is 6.30. The van der Waals surface area contributed by atoms with Crippen molar-refractivity contribution < 1.29 is 23.5 Å². The summed E-state index contributed by atoms with van der Waals surface area (Å²) in [6.45, 7) is 1.85. The molecule has 0 spiro atoms. The molecule has 4 aromatic rings. The number of furan rings is 1. The van der Waals surface area contributed by atoms with Crippen molar-refractivity contribution in [1.82, 2.24) is 15.2 Å². The normalized spacial score (nSPS) is 10.8. The Kier molecular flexibility index (Phi) is 7.22. The molecular weight excluding hydrogens is 470 g/mol. The SMILES string of the molecule is COc1ccc2c(c1)c(CC(=O)NCC(=O)NCc1ccco1)c(C)n2C(=O)c1ccc(Cl)cc1. The molecule has 0 saturated heterocycles. The molecule has 0 atom stereocenters. The van der Waals surface area contributed by atoms with Gasteiger partial charge in [-0.25, -0.2) is 0 Å². The van der Waals surface area contributed by atoms with E-state index in [1.54, 1.807) is 73.2 Å². The van der Waals surface area contributed by atoms with E-state index in [0.29, 0.717) is 38.9 Å². The van der Waals surface area contributed by atoms with E-state index in [1.165, 1.54) is 6.26 Å². The van der Waals surface area contributed by atoms with Crippen LogP contribution in [0.5, 0.6) is 5.75 Å². The van der Waals surface area contributed by atoms with E-state index in [4.69, 9.17) is 20.8 Å². The predicted molar refractivity (Wildman–Crippen MR) is 132 cm³/mol. The van der Waals surface area contributed by atoms with Crippen LogP contribution >= 0.6 is 11.6 Å². The first-order valence-electron chi connectivity index (χ1n) is 10.9. The topological polar surface area (TPSA) is 103 Å². The number of halogens is 1. The Labute approximate surface area is 206 Å². The van der Waals surface area contributed by atoms with Crippen molar-refractivity contribution in [3.63, 3.8) is 0 Å². The maximum absolute atomic E-state index is 13.4. The lowest BCUT2D eigenvalue weighted by atomic mass is 10.1. The highest BCUT2D eigenvalue weighted by Gasteiger charge is 2.22. The molecule has 2 aromatic carbocycles. The molecule has 0 saturated carbocycles. The van der Waals surface area contributed by atoms with Crippen molar-refractivity contribution in [2.24, 2.45) is 0 Å². The molecule has 0 aliphatic rings. The summed E-state index contributed by atoms with van der Waals surface area (Å²) < 4.78 is 12.1. The van der Waals surface area contributed by atoms with Crippen LogP contribution < -0.4 is 15.4 Å². The maximum atomic E-state index is 13.4. The van der Waals surface area contributed by atoms with Crippen LogP contribution in [0.25, 0.3) is 10.9 Å². The van der Waals surface area contributed by atoms with E-state index in [0.717, 1.165) is 5.39 Å².